The van der Waals surface area contributed by atoms with Gasteiger partial charge in [-0.2, -0.15) is 0 Å². The van der Waals surface area contributed by atoms with Crippen LogP contribution in [0.3, 0.4) is 0 Å². The highest BCUT2D eigenvalue weighted by Gasteiger charge is 2.23. The zero-order chi connectivity index (χ0) is 17.7. The summed E-state index contributed by atoms with van der Waals surface area (Å²) < 4.78 is 0. The van der Waals surface area contributed by atoms with Gasteiger partial charge in [0.2, 0.25) is 17.4 Å². The van der Waals surface area contributed by atoms with Crippen LogP contribution < -0.4 is 16.2 Å². The van der Waals surface area contributed by atoms with Crippen molar-refractivity contribution in [3.05, 3.63) is 33.7 Å². The van der Waals surface area contributed by atoms with Crippen LogP contribution in [0.5, 0.6) is 0 Å². The van der Waals surface area contributed by atoms with E-state index in [4.69, 9.17) is 0 Å². The van der Waals surface area contributed by atoms with E-state index in [1.165, 1.54) is 6.07 Å². The predicted molar refractivity (Wildman–Crippen MR) is 91.7 cm³/mol. The molecule has 7 heteroatoms. The quantitative estimate of drug-likeness (QED) is 0.698. The summed E-state index contributed by atoms with van der Waals surface area (Å²) in [6, 6.07) is 3.28. The second-order valence-electron chi connectivity index (χ2n) is 6.66. The molecule has 0 aliphatic heterocycles. The van der Waals surface area contributed by atoms with Crippen LogP contribution >= 0.6 is 0 Å². The topological polar surface area (TPSA) is 94.3 Å². The standard InChI is InChI=1S/C17H26N4O3/c1-11(2)18-16(23)9-21(3)10-17(24)20-14-6-4-5-13-12(14)7-8-15(22)19-13/h7-8,11,14H,4-6,9-10H2,1-3H3,(H,18,23)(H,19,22)(H,20,24). The van der Waals surface area contributed by atoms with Gasteiger partial charge in [-0.05, 0) is 51.8 Å². The molecule has 1 aromatic heterocycles. The van der Waals surface area contributed by atoms with E-state index < -0.39 is 0 Å². The van der Waals surface area contributed by atoms with Gasteiger partial charge in [-0.3, -0.25) is 19.3 Å². The van der Waals surface area contributed by atoms with Crippen LogP contribution in [0.4, 0.5) is 0 Å². The van der Waals surface area contributed by atoms with E-state index in [1.807, 2.05) is 13.8 Å². The van der Waals surface area contributed by atoms with Gasteiger partial charge in [0.25, 0.3) is 0 Å². The normalized spacial score (nSPS) is 16.8. The highest BCUT2D eigenvalue weighted by atomic mass is 16.2. The van der Waals surface area contributed by atoms with Crippen molar-refractivity contribution in [2.75, 3.05) is 20.1 Å². The monoisotopic (exact) mass is 334 g/mol. The molecule has 24 heavy (non-hydrogen) atoms. The lowest BCUT2D eigenvalue weighted by molar-refractivity contribution is -0.125. The Bertz CT molecular complexity index is 653. The Kier molecular flexibility index (Phi) is 6.14. The van der Waals surface area contributed by atoms with Crippen LogP contribution in [0.15, 0.2) is 16.9 Å². The Morgan fingerprint density at radius 1 is 1.29 bits per heavy atom. The van der Waals surface area contributed by atoms with E-state index in [0.29, 0.717) is 0 Å². The maximum absolute atomic E-state index is 12.2. The maximum Gasteiger partial charge on any atom is 0.248 e. The lowest BCUT2D eigenvalue weighted by atomic mass is 9.91. The average molecular weight is 334 g/mol. The molecular weight excluding hydrogens is 308 g/mol. The SMILES string of the molecule is CC(C)NC(=O)CN(C)CC(=O)NC1CCCc2[nH]c(=O)ccc21. The van der Waals surface area contributed by atoms with Gasteiger partial charge in [0.1, 0.15) is 0 Å². The number of fused-ring (bicyclic) bond motifs is 1. The number of aromatic nitrogens is 1. The van der Waals surface area contributed by atoms with Gasteiger partial charge in [-0.1, -0.05) is 0 Å². The van der Waals surface area contributed by atoms with Crippen molar-refractivity contribution in [2.24, 2.45) is 0 Å². The first-order chi connectivity index (χ1) is 11.3. The number of carbonyl (C=O) groups is 2. The zero-order valence-corrected chi connectivity index (χ0v) is 14.5. The van der Waals surface area contributed by atoms with Crippen molar-refractivity contribution < 1.29 is 9.59 Å². The molecule has 3 N–H and O–H groups in total. The summed E-state index contributed by atoms with van der Waals surface area (Å²) in [5.74, 6) is -0.222. The van der Waals surface area contributed by atoms with E-state index in [9.17, 15) is 14.4 Å². The van der Waals surface area contributed by atoms with Gasteiger partial charge in [-0.25, -0.2) is 0 Å². The molecule has 2 amide bonds. The van der Waals surface area contributed by atoms with Crippen molar-refractivity contribution in [1.82, 2.24) is 20.5 Å². The van der Waals surface area contributed by atoms with Gasteiger partial charge >= 0.3 is 0 Å². The smallest absolute Gasteiger partial charge is 0.248 e. The van der Waals surface area contributed by atoms with Gasteiger partial charge in [0.05, 0.1) is 19.1 Å². The number of likely N-dealkylation sites (N-methyl/N-ethyl adjacent to an activating group) is 1. The van der Waals surface area contributed by atoms with Gasteiger partial charge in [0, 0.05) is 17.8 Å². The van der Waals surface area contributed by atoms with Crippen LogP contribution in [0.1, 0.15) is 44.0 Å². The third-order valence-electron chi connectivity index (χ3n) is 3.94. The number of hydrogen-bond donors (Lipinski definition) is 3. The molecule has 1 aliphatic rings. The molecule has 1 aliphatic carbocycles. The Morgan fingerprint density at radius 3 is 2.71 bits per heavy atom. The van der Waals surface area contributed by atoms with E-state index in [2.05, 4.69) is 15.6 Å². The molecule has 0 aromatic carbocycles. The zero-order valence-electron chi connectivity index (χ0n) is 14.5. The molecule has 7 nitrogen and oxygen atoms in total. The number of pyridine rings is 1. The summed E-state index contributed by atoms with van der Waals surface area (Å²) in [7, 11) is 1.74. The van der Waals surface area contributed by atoms with E-state index in [1.54, 1.807) is 18.0 Å². The Hall–Kier alpha value is -2.15. The average Bonchev–Trinajstić information content (AvgIpc) is 2.45. The minimum Gasteiger partial charge on any atom is -0.353 e. The lowest BCUT2D eigenvalue weighted by Crippen LogP contribution is -2.43. The minimum atomic E-state index is -0.126. The molecule has 2 rings (SSSR count). The number of amides is 2. The third-order valence-corrected chi connectivity index (χ3v) is 3.94. The first-order valence-electron chi connectivity index (χ1n) is 8.34. The molecule has 1 unspecified atom stereocenters. The summed E-state index contributed by atoms with van der Waals surface area (Å²) in [5, 5.41) is 5.81. The molecule has 1 aromatic rings. The minimum absolute atomic E-state index is 0.0839. The second-order valence-corrected chi connectivity index (χ2v) is 6.66. The fourth-order valence-electron chi connectivity index (χ4n) is 3.00. The summed E-state index contributed by atoms with van der Waals surface area (Å²) in [4.78, 5) is 39.9. The van der Waals surface area contributed by atoms with Crippen LogP contribution in [0, 0.1) is 0 Å². The molecule has 0 saturated carbocycles. The molecule has 0 saturated heterocycles. The van der Waals surface area contributed by atoms with E-state index in [0.717, 1.165) is 30.5 Å². The van der Waals surface area contributed by atoms with E-state index >= 15 is 0 Å². The highest BCUT2D eigenvalue weighted by Crippen LogP contribution is 2.27. The molecular formula is C17H26N4O3. The molecule has 1 atom stereocenters. The number of rotatable bonds is 6. The molecule has 0 spiro atoms. The van der Waals surface area contributed by atoms with Crippen LogP contribution in [-0.2, 0) is 16.0 Å². The molecule has 0 radical (unpaired) electrons. The molecule has 132 valence electrons. The number of nitrogens with zero attached hydrogens (tertiary/aromatic N) is 1. The summed E-state index contributed by atoms with van der Waals surface area (Å²) in [6.45, 7) is 4.13. The largest absolute Gasteiger partial charge is 0.353 e. The van der Waals surface area contributed by atoms with Gasteiger partial charge in [-0.15, -0.1) is 0 Å². The number of carbonyl (C=O) groups excluding carboxylic acids is 2. The summed E-state index contributed by atoms with van der Waals surface area (Å²) in [5.41, 5.74) is 1.77. The van der Waals surface area contributed by atoms with Gasteiger partial charge in [0.15, 0.2) is 0 Å². The van der Waals surface area contributed by atoms with Crippen LogP contribution in [0.25, 0.3) is 0 Å². The fraction of sp³-hybridized carbons (Fsp3) is 0.588. The fourth-order valence-corrected chi connectivity index (χ4v) is 3.00. The predicted octanol–water partition coefficient (Wildman–Crippen LogP) is 0.325. The molecule has 0 fully saturated rings. The Balaban J connectivity index is 1.89. The van der Waals surface area contributed by atoms with Crippen molar-refractivity contribution >= 4 is 11.8 Å². The maximum atomic E-state index is 12.2. The Labute approximate surface area is 141 Å². The number of hydrogen-bond acceptors (Lipinski definition) is 4. The first kappa shape index (κ1) is 18.2. The number of aromatic amines is 1. The van der Waals surface area contributed by atoms with Crippen molar-refractivity contribution in [1.29, 1.82) is 0 Å². The molecule has 1 heterocycles. The van der Waals surface area contributed by atoms with Crippen LogP contribution in [-0.4, -0.2) is 47.9 Å². The number of aryl methyl sites for hydroxylation is 1. The van der Waals surface area contributed by atoms with Crippen molar-refractivity contribution in [3.8, 4) is 0 Å². The third kappa shape index (κ3) is 5.19. The molecule has 0 bridgehead atoms. The summed E-state index contributed by atoms with van der Waals surface area (Å²) >= 11 is 0. The number of H-pyrrole nitrogens is 1. The van der Waals surface area contributed by atoms with Crippen molar-refractivity contribution in [2.45, 2.75) is 45.2 Å². The lowest BCUT2D eigenvalue weighted by Gasteiger charge is -2.26. The van der Waals surface area contributed by atoms with Crippen molar-refractivity contribution in [3.63, 3.8) is 0 Å². The van der Waals surface area contributed by atoms with Crippen LogP contribution in [0.2, 0.25) is 0 Å². The first-order valence-corrected chi connectivity index (χ1v) is 8.34. The highest BCUT2D eigenvalue weighted by molar-refractivity contribution is 5.81. The number of nitrogens with one attached hydrogen (secondary N) is 3. The summed E-state index contributed by atoms with van der Waals surface area (Å²) in [6.07, 6.45) is 2.60. The van der Waals surface area contributed by atoms with Gasteiger partial charge < -0.3 is 15.6 Å². The second kappa shape index (κ2) is 8.10. The van der Waals surface area contributed by atoms with E-state index in [-0.39, 0.29) is 42.5 Å². The Morgan fingerprint density at radius 2 is 2.00 bits per heavy atom.